The molecule has 2 atom stereocenters. The standard InChI is InChI=1S/C12H20O2/c1-12(2,3)11-8-4-6-10(14-11)7-5-9-13/h10-11,13H,4,6,8-9H2,1-3H3/t10-,11+/m0/s1. The third-order valence-electron chi connectivity index (χ3n) is 2.57. The zero-order valence-electron chi connectivity index (χ0n) is 9.34. The summed E-state index contributed by atoms with van der Waals surface area (Å²) in [6.45, 7) is 6.51. The fourth-order valence-corrected chi connectivity index (χ4v) is 1.73. The summed E-state index contributed by atoms with van der Waals surface area (Å²) in [6, 6.07) is 0. The van der Waals surface area contributed by atoms with Gasteiger partial charge in [-0.2, -0.15) is 0 Å². The van der Waals surface area contributed by atoms with E-state index in [4.69, 9.17) is 9.84 Å². The minimum Gasteiger partial charge on any atom is -0.384 e. The molecule has 1 heterocycles. The number of hydrogen-bond acceptors (Lipinski definition) is 2. The Hall–Kier alpha value is -0.520. The number of aliphatic hydroxyl groups excluding tert-OH is 1. The van der Waals surface area contributed by atoms with Crippen molar-refractivity contribution in [1.82, 2.24) is 0 Å². The fourth-order valence-electron chi connectivity index (χ4n) is 1.73. The Balaban J connectivity index is 2.52. The molecule has 1 aliphatic heterocycles. The van der Waals surface area contributed by atoms with Gasteiger partial charge in [0.2, 0.25) is 0 Å². The molecule has 2 nitrogen and oxygen atoms in total. The predicted molar refractivity (Wildman–Crippen MR) is 56.8 cm³/mol. The van der Waals surface area contributed by atoms with Crippen molar-refractivity contribution in [1.29, 1.82) is 0 Å². The molecule has 0 radical (unpaired) electrons. The van der Waals surface area contributed by atoms with Crippen LogP contribution in [-0.2, 0) is 4.74 Å². The Kier molecular flexibility index (Phi) is 3.97. The second kappa shape index (κ2) is 4.82. The monoisotopic (exact) mass is 196 g/mol. The molecule has 0 aliphatic carbocycles. The highest BCUT2D eigenvalue weighted by atomic mass is 16.5. The molecule has 1 rings (SSSR count). The molecule has 0 aromatic carbocycles. The minimum atomic E-state index is -0.0694. The molecule has 0 aromatic rings. The van der Waals surface area contributed by atoms with E-state index in [1.807, 2.05) is 0 Å². The van der Waals surface area contributed by atoms with Crippen LogP contribution in [0.1, 0.15) is 40.0 Å². The summed E-state index contributed by atoms with van der Waals surface area (Å²) in [4.78, 5) is 0. The Morgan fingerprint density at radius 2 is 2.07 bits per heavy atom. The van der Waals surface area contributed by atoms with E-state index in [0.29, 0.717) is 6.10 Å². The summed E-state index contributed by atoms with van der Waals surface area (Å²) >= 11 is 0. The van der Waals surface area contributed by atoms with Crippen molar-refractivity contribution in [2.75, 3.05) is 6.61 Å². The van der Waals surface area contributed by atoms with Crippen molar-refractivity contribution in [3.8, 4) is 11.8 Å². The first-order valence-corrected chi connectivity index (χ1v) is 5.29. The van der Waals surface area contributed by atoms with Crippen molar-refractivity contribution in [3.63, 3.8) is 0 Å². The Bertz CT molecular complexity index is 229. The molecule has 0 bridgehead atoms. The quantitative estimate of drug-likeness (QED) is 0.600. The summed E-state index contributed by atoms with van der Waals surface area (Å²) in [5.74, 6) is 5.62. The molecule has 1 saturated heterocycles. The van der Waals surface area contributed by atoms with Crippen LogP contribution in [0.3, 0.4) is 0 Å². The maximum atomic E-state index is 8.59. The van der Waals surface area contributed by atoms with Crippen LogP contribution in [0.5, 0.6) is 0 Å². The van der Waals surface area contributed by atoms with Gasteiger partial charge in [0, 0.05) is 0 Å². The summed E-state index contributed by atoms with van der Waals surface area (Å²) < 4.78 is 5.87. The molecule has 14 heavy (non-hydrogen) atoms. The van der Waals surface area contributed by atoms with Crippen LogP contribution in [0.2, 0.25) is 0 Å². The van der Waals surface area contributed by atoms with Crippen LogP contribution < -0.4 is 0 Å². The maximum absolute atomic E-state index is 8.59. The SMILES string of the molecule is CC(C)(C)[C@H]1CCC[C@@H](C#CCO)O1. The largest absolute Gasteiger partial charge is 0.384 e. The van der Waals surface area contributed by atoms with Crippen molar-refractivity contribution in [2.24, 2.45) is 5.41 Å². The van der Waals surface area contributed by atoms with Crippen LogP contribution in [-0.4, -0.2) is 23.9 Å². The Morgan fingerprint density at radius 1 is 1.36 bits per heavy atom. The second-order valence-corrected chi connectivity index (χ2v) is 4.89. The van der Waals surface area contributed by atoms with Crippen LogP contribution in [0.4, 0.5) is 0 Å². The predicted octanol–water partition coefficient (Wildman–Crippen LogP) is 1.97. The lowest BCUT2D eigenvalue weighted by atomic mass is 9.84. The van der Waals surface area contributed by atoms with Crippen molar-refractivity contribution >= 4 is 0 Å². The summed E-state index contributed by atoms with van der Waals surface area (Å²) in [5, 5.41) is 8.59. The van der Waals surface area contributed by atoms with Gasteiger partial charge in [-0.05, 0) is 24.7 Å². The second-order valence-electron chi connectivity index (χ2n) is 4.89. The average Bonchev–Trinajstić information content (AvgIpc) is 2.14. The lowest BCUT2D eigenvalue weighted by molar-refractivity contribution is -0.0754. The van der Waals surface area contributed by atoms with E-state index in [9.17, 15) is 0 Å². The summed E-state index contributed by atoms with van der Waals surface area (Å²) in [5.41, 5.74) is 0.194. The minimum absolute atomic E-state index is 0.0279. The normalized spacial score (nSPS) is 28.0. The molecular formula is C12H20O2. The van der Waals surface area contributed by atoms with E-state index in [-0.39, 0.29) is 18.1 Å². The van der Waals surface area contributed by atoms with E-state index in [1.54, 1.807) is 0 Å². The number of aliphatic hydroxyl groups is 1. The smallest absolute Gasteiger partial charge is 0.118 e. The first-order valence-electron chi connectivity index (χ1n) is 5.29. The van der Waals surface area contributed by atoms with Gasteiger partial charge in [-0.25, -0.2) is 0 Å². The van der Waals surface area contributed by atoms with Gasteiger partial charge < -0.3 is 9.84 Å². The third kappa shape index (κ3) is 3.32. The zero-order chi connectivity index (χ0) is 10.6. The molecule has 0 amide bonds. The van der Waals surface area contributed by atoms with E-state index < -0.39 is 0 Å². The zero-order valence-corrected chi connectivity index (χ0v) is 9.34. The molecule has 0 saturated carbocycles. The highest BCUT2D eigenvalue weighted by Gasteiger charge is 2.30. The fraction of sp³-hybridized carbons (Fsp3) is 0.833. The Labute approximate surface area is 86.7 Å². The molecule has 80 valence electrons. The molecule has 1 N–H and O–H groups in total. The molecular weight excluding hydrogens is 176 g/mol. The van der Waals surface area contributed by atoms with Gasteiger partial charge in [-0.3, -0.25) is 0 Å². The number of ether oxygens (including phenoxy) is 1. The van der Waals surface area contributed by atoms with Crippen LogP contribution in [0.25, 0.3) is 0 Å². The first-order chi connectivity index (χ1) is 6.54. The van der Waals surface area contributed by atoms with Crippen molar-refractivity contribution < 1.29 is 9.84 Å². The highest BCUT2D eigenvalue weighted by molar-refractivity contribution is 5.06. The van der Waals surface area contributed by atoms with Gasteiger partial charge in [0.05, 0.1) is 6.10 Å². The topological polar surface area (TPSA) is 29.5 Å². The lowest BCUT2D eigenvalue weighted by Gasteiger charge is -2.36. The molecule has 0 aromatic heterocycles. The summed E-state index contributed by atoms with van der Waals surface area (Å²) in [6.07, 6.45) is 3.63. The van der Waals surface area contributed by atoms with E-state index in [2.05, 4.69) is 32.6 Å². The van der Waals surface area contributed by atoms with Crippen LogP contribution >= 0.6 is 0 Å². The van der Waals surface area contributed by atoms with Crippen molar-refractivity contribution in [2.45, 2.75) is 52.2 Å². The van der Waals surface area contributed by atoms with E-state index >= 15 is 0 Å². The maximum Gasteiger partial charge on any atom is 0.118 e. The van der Waals surface area contributed by atoms with Crippen LogP contribution in [0, 0.1) is 17.3 Å². The highest BCUT2D eigenvalue weighted by Crippen LogP contribution is 2.31. The lowest BCUT2D eigenvalue weighted by Crippen LogP contribution is -2.36. The van der Waals surface area contributed by atoms with Gasteiger partial charge in [0.15, 0.2) is 0 Å². The first kappa shape index (κ1) is 11.6. The molecule has 1 aliphatic rings. The Morgan fingerprint density at radius 3 is 2.64 bits per heavy atom. The molecule has 0 unspecified atom stereocenters. The van der Waals surface area contributed by atoms with Gasteiger partial charge in [0.1, 0.15) is 12.7 Å². The van der Waals surface area contributed by atoms with Crippen molar-refractivity contribution in [3.05, 3.63) is 0 Å². The average molecular weight is 196 g/mol. The number of hydrogen-bond donors (Lipinski definition) is 1. The van der Waals surface area contributed by atoms with E-state index in [1.165, 1.54) is 6.42 Å². The van der Waals surface area contributed by atoms with E-state index in [0.717, 1.165) is 12.8 Å². The van der Waals surface area contributed by atoms with Gasteiger partial charge in [-0.15, -0.1) is 0 Å². The van der Waals surface area contributed by atoms with Gasteiger partial charge in [-0.1, -0.05) is 32.6 Å². The number of rotatable bonds is 0. The third-order valence-corrected chi connectivity index (χ3v) is 2.57. The van der Waals surface area contributed by atoms with Crippen LogP contribution in [0.15, 0.2) is 0 Å². The molecule has 0 spiro atoms. The van der Waals surface area contributed by atoms with Gasteiger partial charge >= 0.3 is 0 Å². The molecule has 1 fully saturated rings. The van der Waals surface area contributed by atoms with Gasteiger partial charge in [0.25, 0.3) is 0 Å². The summed E-state index contributed by atoms with van der Waals surface area (Å²) in [7, 11) is 0. The molecule has 2 heteroatoms.